The molecular weight excluding hydrogens is 328 g/mol. The molecule has 18 heavy (non-hydrogen) atoms. The third kappa shape index (κ3) is 12.9. The van der Waals surface area contributed by atoms with Crippen molar-refractivity contribution in [1.29, 1.82) is 0 Å². The molecule has 0 unspecified atom stereocenters. The highest BCUT2D eigenvalue weighted by Crippen LogP contribution is 2.23. The summed E-state index contributed by atoms with van der Waals surface area (Å²) in [5.41, 5.74) is 0. The third-order valence-electron chi connectivity index (χ3n) is 1.41. The van der Waals surface area contributed by atoms with Crippen LogP contribution in [0.15, 0.2) is 0 Å². The summed E-state index contributed by atoms with van der Waals surface area (Å²) in [4.78, 5) is 0. The molecule has 0 amide bonds. The molecule has 0 aromatic carbocycles. The van der Waals surface area contributed by atoms with Crippen molar-refractivity contribution in [1.82, 2.24) is 0 Å². The van der Waals surface area contributed by atoms with Crippen molar-refractivity contribution in [2.24, 2.45) is 0 Å². The van der Waals surface area contributed by atoms with Crippen LogP contribution in [-0.4, -0.2) is 71.4 Å². The van der Waals surface area contributed by atoms with Crippen LogP contribution in [-0.2, 0) is 20.2 Å². The second-order valence-corrected chi connectivity index (χ2v) is 8.92. The smallest absolute Gasteiger partial charge is 0.267 e. The van der Waals surface area contributed by atoms with Gasteiger partial charge in [-0.3, -0.25) is 9.11 Å². The lowest BCUT2D eigenvalue weighted by Crippen LogP contribution is -2.23. The molecule has 0 spiro atoms. The lowest BCUT2D eigenvalue weighted by molar-refractivity contribution is 0.218. The fourth-order valence-electron chi connectivity index (χ4n) is 0.836. The standard InChI is InChI=1S/C6H14O8S4/c7-5(3-17(9,10)11)1-15-16-2-6(8)4-18(12,13)14/h5-8H,1-4H2,(H,9,10,11)(H,12,13,14)/t5-,6-/m1/s1. The van der Waals surface area contributed by atoms with Crippen LogP contribution in [0.5, 0.6) is 0 Å². The van der Waals surface area contributed by atoms with Crippen LogP contribution in [0.3, 0.4) is 0 Å². The van der Waals surface area contributed by atoms with Gasteiger partial charge in [0.15, 0.2) is 0 Å². The summed E-state index contributed by atoms with van der Waals surface area (Å²) in [5, 5.41) is 18.3. The van der Waals surface area contributed by atoms with E-state index in [1.807, 2.05) is 0 Å². The van der Waals surface area contributed by atoms with E-state index in [1.165, 1.54) is 0 Å². The van der Waals surface area contributed by atoms with Crippen LogP contribution >= 0.6 is 21.6 Å². The molecule has 0 saturated heterocycles. The maximum atomic E-state index is 10.4. The molecule has 0 rings (SSSR count). The Labute approximate surface area is 113 Å². The highest BCUT2D eigenvalue weighted by Gasteiger charge is 2.16. The SMILES string of the molecule is O=S(=O)(O)C[C@H](O)CSSC[C@@H](O)CS(=O)(=O)O. The van der Waals surface area contributed by atoms with Crippen molar-refractivity contribution >= 4 is 41.8 Å². The van der Waals surface area contributed by atoms with Gasteiger partial charge in [0.1, 0.15) is 11.5 Å². The summed E-state index contributed by atoms with van der Waals surface area (Å²) in [6.45, 7) is 0. The average Bonchev–Trinajstić information content (AvgIpc) is 2.06. The van der Waals surface area contributed by atoms with E-state index in [4.69, 9.17) is 19.3 Å². The van der Waals surface area contributed by atoms with E-state index in [1.54, 1.807) is 0 Å². The highest BCUT2D eigenvalue weighted by atomic mass is 33.1. The van der Waals surface area contributed by atoms with E-state index in [-0.39, 0.29) is 11.5 Å². The number of aliphatic hydroxyl groups excluding tert-OH is 2. The van der Waals surface area contributed by atoms with Gasteiger partial charge in [-0.1, -0.05) is 21.6 Å². The minimum atomic E-state index is -4.24. The van der Waals surface area contributed by atoms with Gasteiger partial charge in [0.05, 0.1) is 12.2 Å². The van der Waals surface area contributed by atoms with E-state index in [2.05, 4.69) is 0 Å². The largest absolute Gasteiger partial charge is 0.391 e. The minimum Gasteiger partial charge on any atom is -0.391 e. The maximum Gasteiger partial charge on any atom is 0.267 e. The Balaban J connectivity index is 3.74. The molecule has 4 N–H and O–H groups in total. The first kappa shape index (κ1) is 18.4. The molecule has 0 aliphatic carbocycles. The van der Waals surface area contributed by atoms with Gasteiger partial charge in [-0.15, -0.1) is 0 Å². The zero-order valence-corrected chi connectivity index (χ0v) is 12.3. The molecule has 0 bridgehead atoms. The molecule has 12 heteroatoms. The molecular formula is C6H14O8S4. The Morgan fingerprint density at radius 2 is 1.06 bits per heavy atom. The quantitative estimate of drug-likeness (QED) is 0.230. The Kier molecular flexibility index (Phi) is 8.08. The van der Waals surface area contributed by atoms with Gasteiger partial charge < -0.3 is 10.2 Å². The van der Waals surface area contributed by atoms with Crippen molar-refractivity contribution in [3.8, 4) is 0 Å². The van der Waals surface area contributed by atoms with Crippen LogP contribution < -0.4 is 0 Å². The molecule has 8 nitrogen and oxygen atoms in total. The van der Waals surface area contributed by atoms with Gasteiger partial charge in [0.25, 0.3) is 20.2 Å². The highest BCUT2D eigenvalue weighted by molar-refractivity contribution is 8.76. The fourth-order valence-corrected chi connectivity index (χ4v) is 4.60. The van der Waals surface area contributed by atoms with Gasteiger partial charge in [0.2, 0.25) is 0 Å². The summed E-state index contributed by atoms with van der Waals surface area (Å²) in [7, 11) is -6.45. The Hall–Kier alpha value is 0.440. The Morgan fingerprint density at radius 3 is 1.28 bits per heavy atom. The molecule has 110 valence electrons. The molecule has 0 aliphatic heterocycles. The lowest BCUT2D eigenvalue weighted by Gasteiger charge is -2.09. The lowest BCUT2D eigenvalue weighted by atomic mass is 10.5. The number of hydrogen-bond acceptors (Lipinski definition) is 8. The van der Waals surface area contributed by atoms with Crippen molar-refractivity contribution in [2.75, 3.05) is 23.0 Å². The monoisotopic (exact) mass is 342 g/mol. The van der Waals surface area contributed by atoms with Crippen LogP contribution in [0.25, 0.3) is 0 Å². The summed E-state index contributed by atoms with van der Waals surface area (Å²) < 4.78 is 58.4. The van der Waals surface area contributed by atoms with Gasteiger partial charge >= 0.3 is 0 Å². The molecule has 0 radical (unpaired) electrons. The first-order valence-corrected chi connectivity index (χ1v) is 10.2. The van der Waals surface area contributed by atoms with E-state index in [0.29, 0.717) is 0 Å². The average molecular weight is 342 g/mol. The molecule has 2 atom stereocenters. The number of hydrogen-bond donors (Lipinski definition) is 4. The van der Waals surface area contributed by atoms with Crippen LogP contribution in [0.2, 0.25) is 0 Å². The fraction of sp³-hybridized carbons (Fsp3) is 1.00. The van der Waals surface area contributed by atoms with Gasteiger partial charge in [-0.25, -0.2) is 0 Å². The third-order valence-corrected chi connectivity index (χ3v) is 5.55. The topological polar surface area (TPSA) is 149 Å². The predicted molar refractivity (Wildman–Crippen MR) is 69.8 cm³/mol. The molecule has 0 aromatic rings. The molecule has 0 saturated carbocycles. The summed E-state index contributed by atoms with van der Waals surface area (Å²) >= 11 is 0. The maximum absolute atomic E-state index is 10.4. The van der Waals surface area contributed by atoms with Gasteiger partial charge in [-0.05, 0) is 0 Å². The van der Waals surface area contributed by atoms with Crippen molar-refractivity contribution < 1.29 is 36.2 Å². The number of rotatable bonds is 9. The Morgan fingerprint density at radius 1 is 0.778 bits per heavy atom. The normalized spacial score (nSPS) is 16.4. The van der Waals surface area contributed by atoms with Gasteiger partial charge in [0, 0.05) is 11.5 Å². The molecule has 0 heterocycles. The van der Waals surface area contributed by atoms with E-state index >= 15 is 0 Å². The van der Waals surface area contributed by atoms with Crippen LogP contribution in [0.1, 0.15) is 0 Å². The summed E-state index contributed by atoms with van der Waals surface area (Å²) in [6, 6.07) is 0. The van der Waals surface area contributed by atoms with Crippen LogP contribution in [0.4, 0.5) is 0 Å². The molecule has 0 fully saturated rings. The second kappa shape index (κ2) is 7.89. The minimum absolute atomic E-state index is 0.0109. The van der Waals surface area contributed by atoms with E-state index in [0.717, 1.165) is 21.6 Å². The second-order valence-electron chi connectivity index (χ2n) is 3.37. The van der Waals surface area contributed by atoms with Crippen molar-refractivity contribution in [3.05, 3.63) is 0 Å². The van der Waals surface area contributed by atoms with E-state index in [9.17, 15) is 16.8 Å². The first-order valence-electron chi connectivity index (χ1n) is 4.50. The van der Waals surface area contributed by atoms with Crippen molar-refractivity contribution in [2.45, 2.75) is 12.2 Å². The molecule has 0 aromatic heterocycles. The zero-order chi connectivity index (χ0) is 14.4. The number of aliphatic hydroxyl groups is 2. The summed E-state index contributed by atoms with van der Waals surface area (Å²) in [5.74, 6) is -1.59. The van der Waals surface area contributed by atoms with Crippen molar-refractivity contribution in [3.63, 3.8) is 0 Å². The predicted octanol–water partition coefficient (Wildman–Crippen LogP) is -1.13. The first-order chi connectivity index (χ1) is 7.99. The Bertz CT molecular complexity index is 387. The summed E-state index contributed by atoms with van der Waals surface area (Å²) in [6.07, 6.45) is -2.51. The molecule has 0 aliphatic rings. The van der Waals surface area contributed by atoms with Crippen LogP contribution in [0, 0.1) is 0 Å². The van der Waals surface area contributed by atoms with Gasteiger partial charge in [-0.2, -0.15) is 16.8 Å². The van der Waals surface area contributed by atoms with E-state index < -0.39 is 43.9 Å². The zero-order valence-electron chi connectivity index (χ0n) is 9.04.